The monoisotopic (exact) mass is 445 g/mol. The van der Waals surface area contributed by atoms with E-state index in [-0.39, 0.29) is 5.69 Å². The number of anilines is 1. The second kappa shape index (κ2) is 8.07. The van der Waals surface area contributed by atoms with Crippen LogP contribution >= 0.6 is 0 Å². The number of benzene rings is 3. The lowest BCUT2D eigenvalue weighted by atomic mass is 9.94. The molecule has 0 aromatic heterocycles. The molecule has 3 aromatic rings. The molecule has 2 N–H and O–H groups in total. The predicted molar refractivity (Wildman–Crippen MR) is 109 cm³/mol. The molecule has 0 aliphatic heterocycles. The van der Waals surface area contributed by atoms with Gasteiger partial charge in [-0.3, -0.25) is 0 Å². The van der Waals surface area contributed by atoms with Crippen molar-refractivity contribution in [2.75, 3.05) is 5.01 Å². The molecule has 2 amide bonds. The number of primary amides is 1. The highest BCUT2D eigenvalue weighted by Crippen LogP contribution is 2.36. The summed E-state index contributed by atoms with van der Waals surface area (Å²) in [6.45, 7) is 0. The molecule has 9 heteroatoms. The van der Waals surface area contributed by atoms with Crippen LogP contribution in [0.25, 0.3) is 0 Å². The molecule has 3 aromatic carbocycles. The standard InChI is InChI=1S/C23H16F5N3O/c24-16-5-1-13(2-6-16)20-12-14-11-17(25)7-10-19(14)21(20)30-31(22(29)32)18-8-3-15(4-9-18)23(26,27)28/h1-11,20H,12H2,(H2,29,32)/b30-21-. The summed E-state index contributed by atoms with van der Waals surface area (Å²) in [5.74, 6) is -1.32. The summed E-state index contributed by atoms with van der Waals surface area (Å²) < 4.78 is 65.9. The number of urea groups is 1. The largest absolute Gasteiger partial charge is 0.416 e. The SMILES string of the molecule is NC(=O)N(/N=C1/c2ccc(F)cc2CC1c1ccc(F)cc1)c1ccc(C(F)(F)F)cc1. The molecule has 1 aliphatic carbocycles. The maximum Gasteiger partial charge on any atom is 0.416 e. The first-order valence-electron chi connectivity index (χ1n) is 9.53. The predicted octanol–water partition coefficient (Wildman–Crippen LogP) is 5.61. The summed E-state index contributed by atoms with van der Waals surface area (Å²) in [6.07, 6.45) is -4.19. The van der Waals surface area contributed by atoms with Crippen LogP contribution in [-0.4, -0.2) is 11.7 Å². The quantitative estimate of drug-likeness (QED) is 0.413. The van der Waals surface area contributed by atoms with Crippen molar-refractivity contribution in [3.05, 3.63) is 101 Å². The number of hydrogen-bond acceptors (Lipinski definition) is 2. The number of fused-ring (bicyclic) bond motifs is 1. The number of hydrazone groups is 1. The first-order chi connectivity index (χ1) is 15.1. The van der Waals surface area contributed by atoms with Crippen LogP contribution in [0.3, 0.4) is 0 Å². The Labute approximate surface area is 179 Å². The van der Waals surface area contributed by atoms with Crippen LogP contribution in [0.2, 0.25) is 0 Å². The van der Waals surface area contributed by atoms with Gasteiger partial charge in [-0.05, 0) is 72.1 Å². The minimum Gasteiger partial charge on any atom is -0.350 e. The third kappa shape index (κ3) is 4.18. The normalized spacial score (nSPS) is 16.8. The Morgan fingerprint density at radius 2 is 1.56 bits per heavy atom. The zero-order valence-corrected chi connectivity index (χ0v) is 16.4. The Hall–Kier alpha value is -3.75. The topological polar surface area (TPSA) is 58.7 Å². The molecule has 4 rings (SSSR count). The van der Waals surface area contributed by atoms with E-state index in [9.17, 15) is 26.7 Å². The highest BCUT2D eigenvalue weighted by Gasteiger charge is 2.33. The Morgan fingerprint density at radius 1 is 0.938 bits per heavy atom. The van der Waals surface area contributed by atoms with Crippen molar-refractivity contribution in [3.63, 3.8) is 0 Å². The summed E-state index contributed by atoms with van der Waals surface area (Å²) in [7, 11) is 0. The molecule has 0 fully saturated rings. The van der Waals surface area contributed by atoms with Crippen molar-refractivity contribution < 1.29 is 26.7 Å². The van der Waals surface area contributed by atoms with Gasteiger partial charge in [0.1, 0.15) is 11.6 Å². The number of carbonyl (C=O) groups is 1. The number of amides is 2. The lowest BCUT2D eigenvalue weighted by molar-refractivity contribution is -0.137. The molecular weight excluding hydrogens is 429 g/mol. The number of carbonyl (C=O) groups excluding carboxylic acids is 1. The Balaban J connectivity index is 1.80. The zero-order valence-electron chi connectivity index (χ0n) is 16.4. The van der Waals surface area contributed by atoms with Crippen LogP contribution in [0.5, 0.6) is 0 Å². The van der Waals surface area contributed by atoms with E-state index in [2.05, 4.69) is 5.10 Å². The summed E-state index contributed by atoms with van der Waals surface area (Å²) in [5, 5.41) is 5.16. The van der Waals surface area contributed by atoms with Gasteiger partial charge in [-0.2, -0.15) is 23.3 Å². The van der Waals surface area contributed by atoms with Gasteiger partial charge in [0.25, 0.3) is 0 Å². The summed E-state index contributed by atoms with van der Waals surface area (Å²) in [6, 6.07) is 12.6. The van der Waals surface area contributed by atoms with Gasteiger partial charge in [0.15, 0.2) is 0 Å². The molecule has 1 atom stereocenters. The van der Waals surface area contributed by atoms with Gasteiger partial charge in [-0.25, -0.2) is 13.6 Å². The molecule has 1 aliphatic rings. The van der Waals surface area contributed by atoms with E-state index >= 15 is 0 Å². The van der Waals surface area contributed by atoms with Crippen molar-refractivity contribution in [3.8, 4) is 0 Å². The first kappa shape index (κ1) is 21.5. The van der Waals surface area contributed by atoms with Crippen molar-refractivity contribution in [2.45, 2.75) is 18.5 Å². The molecule has 0 bridgehead atoms. The second-order valence-electron chi connectivity index (χ2n) is 7.29. The fourth-order valence-electron chi connectivity index (χ4n) is 3.71. The second-order valence-corrected chi connectivity index (χ2v) is 7.29. The van der Waals surface area contributed by atoms with E-state index in [1.54, 1.807) is 12.1 Å². The number of halogens is 5. The highest BCUT2D eigenvalue weighted by molar-refractivity contribution is 6.10. The van der Waals surface area contributed by atoms with E-state index in [0.29, 0.717) is 28.8 Å². The molecule has 0 radical (unpaired) electrons. The molecule has 164 valence electrons. The minimum atomic E-state index is -4.54. The lowest BCUT2D eigenvalue weighted by Crippen LogP contribution is -2.33. The maximum atomic E-state index is 13.8. The van der Waals surface area contributed by atoms with E-state index in [1.165, 1.54) is 30.3 Å². The van der Waals surface area contributed by atoms with Gasteiger partial charge in [-0.1, -0.05) is 12.1 Å². The average molecular weight is 445 g/mol. The summed E-state index contributed by atoms with van der Waals surface area (Å²) in [4.78, 5) is 12.1. The van der Waals surface area contributed by atoms with Crippen molar-refractivity contribution in [2.24, 2.45) is 10.8 Å². The molecule has 1 unspecified atom stereocenters. The van der Waals surface area contributed by atoms with E-state index in [0.717, 1.165) is 29.3 Å². The molecule has 0 spiro atoms. The molecule has 4 nitrogen and oxygen atoms in total. The van der Waals surface area contributed by atoms with E-state index in [1.807, 2.05) is 0 Å². The molecular formula is C23H16F5N3O. The van der Waals surface area contributed by atoms with Gasteiger partial charge in [0.2, 0.25) is 0 Å². The van der Waals surface area contributed by atoms with Gasteiger partial charge in [0, 0.05) is 11.5 Å². The van der Waals surface area contributed by atoms with E-state index in [4.69, 9.17) is 5.73 Å². The Morgan fingerprint density at radius 3 is 2.16 bits per heavy atom. The Bertz CT molecular complexity index is 1190. The van der Waals surface area contributed by atoms with Gasteiger partial charge in [-0.15, -0.1) is 0 Å². The maximum absolute atomic E-state index is 13.8. The number of nitrogens with two attached hydrogens (primary N) is 1. The number of nitrogens with zero attached hydrogens (tertiary/aromatic N) is 2. The van der Waals surface area contributed by atoms with Gasteiger partial charge in [0.05, 0.1) is 17.0 Å². The minimum absolute atomic E-state index is 0.0337. The summed E-state index contributed by atoms with van der Waals surface area (Å²) >= 11 is 0. The number of alkyl halides is 3. The highest BCUT2D eigenvalue weighted by atomic mass is 19.4. The van der Waals surface area contributed by atoms with Gasteiger partial charge < -0.3 is 5.73 Å². The average Bonchev–Trinajstić information content (AvgIpc) is 3.09. The summed E-state index contributed by atoms with van der Waals surface area (Å²) in [5.41, 5.74) is 6.86. The van der Waals surface area contributed by atoms with Crippen molar-refractivity contribution in [1.82, 2.24) is 0 Å². The van der Waals surface area contributed by atoms with Crippen molar-refractivity contribution in [1.29, 1.82) is 0 Å². The lowest BCUT2D eigenvalue weighted by Gasteiger charge is -2.19. The van der Waals surface area contributed by atoms with Crippen molar-refractivity contribution >= 4 is 17.4 Å². The molecule has 0 saturated heterocycles. The third-order valence-electron chi connectivity index (χ3n) is 5.23. The molecule has 0 saturated carbocycles. The molecule has 32 heavy (non-hydrogen) atoms. The fraction of sp³-hybridized carbons (Fsp3) is 0.130. The molecule has 0 heterocycles. The van der Waals surface area contributed by atoms with Crippen LogP contribution < -0.4 is 10.7 Å². The van der Waals surface area contributed by atoms with Crippen LogP contribution in [-0.2, 0) is 12.6 Å². The smallest absolute Gasteiger partial charge is 0.350 e. The van der Waals surface area contributed by atoms with Gasteiger partial charge >= 0.3 is 12.2 Å². The van der Waals surface area contributed by atoms with Crippen LogP contribution in [0.1, 0.15) is 28.2 Å². The van der Waals surface area contributed by atoms with Crippen LogP contribution in [0.15, 0.2) is 71.8 Å². The Kier molecular flexibility index (Phi) is 5.41. The zero-order chi connectivity index (χ0) is 23.0. The number of rotatable bonds is 3. The third-order valence-corrected chi connectivity index (χ3v) is 5.23. The number of hydrogen-bond donors (Lipinski definition) is 1. The first-order valence-corrected chi connectivity index (χ1v) is 9.53. The fourth-order valence-corrected chi connectivity index (χ4v) is 3.71. The van der Waals surface area contributed by atoms with E-state index < -0.39 is 35.3 Å². The van der Waals surface area contributed by atoms with Crippen LogP contribution in [0.4, 0.5) is 32.4 Å². The van der Waals surface area contributed by atoms with Crippen LogP contribution in [0, 0.1) is 11.6 Å².